The molecule has 0 bridgehead atoms. The van der Waals surface area contributed by atoms with Crippen molar-refractivity contribution in [3.63, 3.8) is 0 Å². The maximum atomic E-state index is 15.6. The Bertz CT molecular complexity index is 1600. The molecule has 2 aromatic carbocycles. The van der Waals surface area contributed by atoms with Gasteiger partial charge in [-0.15, -0.1) is 0 Å². The lowest BCUT2D eigenvalue weighted by Crippen LogP contribution is -2.47. The van der Waals surface area contributed by atoms with Gasteiger partial charge in [-0.1, -0.05) is 29.8 Å². The number of hydrogen-bond donors (Lipinski definition) is 2. The molecule has 0 amide bonds. The number of hydrogen-bond acceptors (Lipinski definition) is 6. The highest BCUT2D eigenvalue weighted by molar-refractivity contribution is 6.38. The average molecular weight is 548 g/mol. The molecule has 39 heavy (non-hydrogen) atoms. The minimum Gasteiger partial charge on any atom is -0.477 e. The Hall–Kier alpha value is -3.95. The molecule has 8 nitrogen and oxygen atoms in total. The number of pyridine rings is 2. The van der Waals surface area contributed by atoms with E-state index >= 15 is 4.39 Å². The standard InChI is InChI=1S/C29H27ClFN5O3/c30-25-26-21(15-23(31)27(25)35-13-11-34(12-14-35)24-3-1-2-10-32-24)28(37)22(29(38)39)17-36(26)20-8-4-18(5-9-20)16-33-19-6-7-19/h1-5,8-10,15,17,19,33H,6-7,11-14,16H2,(H,38,39). The molecule has 6 rings (SSSR count). The quantitative estimate of drug-likeness (QED) is 0.353. The number of piperazine rings is 1. The minimum atomic E-state index is -1.38. The molecule has 0 spiro atoms. The fourth-order valence-corrected chi connectivity index (χ4v) is 5.48. The lowest BCUT2D eigenvalue weighted by atomic mass is 10.1. The van der Waals surface area contributed by atoms with E-state index in [2.05, 4.69) is 15.2 Å². The summed E-state index contributed by atoms with van der Waals surface area (Å²) in [5.74, 6) is -1.19. The first-order valence-corrected chi connectivity index (χ1v) is 13.3. The summed E-state index contributed by atoms with van der Waals surface area (Å²) in [6, 6.07) is 15.0. The number of nitrogens with zero attached hydrogens (tertiary/aromatic N) is 4. The summed E-state index contributed by atoms with van der Waals surface area (Å²) in [4.78, 5) is 33.4. The van der Waals surface area contributed by atoms with E-state index in [1.54, 1.807) is 10.8 Å². The number of rotatable bonds is 7. The predicted octanol–water partition coefficient (Wildman–Crippen LogP) is 4.46. The fraction of sp³-hybridized carbons (Fsp3) is 0.276. The van der Waals surface area contributed by atoms with E-state index in [4.69, 9.17) is 11.6 Å². The lowest BCUT2D eigenvalue weighted by molar-refractivity contribution is 0.0695. The highest BCUT2D eigenvalue weighted by Gasteiger charge is 2.27. The SMILES string of the molecule is O=C(O)c1cn(-c2ccc(CNC3CC3)cc2)c2c(Cl)c(N3CCN(c4ccccn4)CC3)c(F)cc2c1=O. The molecule has 1 aliphatic carbocycles. The van der Waals surface area contributed by atoms with E-state index in [1.807, 2.05) is 47.4 Å². The second-order valence-electron chi connectivity index (χ2n) is 9.95. The molecular weight excluding hydrogens is 521 g/mol. The van der Waals surface area contributed by atoms with Crippen molar-refractivity contribution in [2.24, 2.45) is 0 Å². The van der Waals surface area contributed by atoms with Crippen molar-refractivity contribution >= 4 is 40.0 Å². The monoisotopic (exact) mass is 547 g/mol. The molecule has 0 radical (unpaired) electrons. The summed E-state index contributed by atoms with van der Waals surface area (Å²) in [6.45, 7) is 2.96. The van der Waals surface area contributed by atoms with Gasteiger partial charge in [0.05, 0.1) is 21.6 Å². The fourth-order valence-electron chi connectivity index (χ4n) is 5.07. The first-order valence-electron chi connectivity index (χ1n) is 12.9. The van der Waals surface area contributed by atoms with Crippen LogP contribution in [0.4, 0.5) is 15.9 Å². The first kappa shape index (κ1) is 25.3. The van der Waals surface area contributed by atoms with Crippen molar-refractivity contribution in [3.05, 3.63) is 93.1 Å². The Morgan fingerprint density at radius 1 is 1.08 bits per heavy atom. The van der Waals surface area contributed by atoms with Crippen LogP contribution in [-0.2, 0) is 6.54 Å². The van der Waals surface area contributed by atoms with Gasteiger partial charge in [0.2, 0.25) is 5.43 Å². The average Bonchev–Trinajstić information content (AvgIpc) is 3.78. The van der Waals surface area contributed by atoms with Crippen LogP contribution in [0, 0.1) is 5.82 Å². The Balaban J connectivity index is 1.40. The number of carboxylic acid groups (broad SMARTS) is 1. The van der Waals surface area contributed by atoms with Crippen molar-refractivity contribution in [2.75, 3.05) is 36.0 Å². The number of carboxylic acids is 1. The summed E-state index contributed by atoms with van der Waals surface area (Å²) in [5.41, 5.74) is 0.959. The second kappa shape index (κ2) is 10.3. The third kappa shape index (κ3) is 4.95. The topological polar surface area (TPSA) is 90.7 Å². The largest absolute Gasteiger partial charge is 0.477 e. The van der Waals surface area contributed by atoms with E-state index in [0.717, 1.165) is 24.0 Å². The third-order valence-corrected chi connectivity index (χ3v) is 7.70. The van der Waals surface area contributed by atoms with Crippen LogP contribution in [-0.4, -0.2) is 52.8 Å². The van der Waals surface area contributed by atoms with E-state index in [1.165, 1.54) is 19.0 Å². The summed E-state index contributed by atoms with van der Waals surface area (Å²) in [6.07, 6.45) is 5.39. The Labute approximate surface area is 229 Å². The molecule has 0 unspecified atom stereocenters. The van der Waals surface area contributed by atoms with Crippen molar-refractivity contribution < 1.29 is 14.3 Å². The first-order chi connectivity index (χ1) is 18.9. The minimum absolute atomic E-state index is 0.0739. The van der Waals surface area contributed by atoms with Crippen LogP contribution in [0.15, 0.2) is 65.7 Å². The normalized spacial score (nSPS) is 15.6. The van der Waals surface area contributed by atoms with Crippen molar-refractivity contribution in [2.45, 2.75) is 25.4 Å². The molecule has 2 aromatic heterocycles. The lowest BCUT2D eigenvalue weighted by Gasteiger charge is -2.37. The molecule has 1 saturated heterocycles. The molecule has 3 heterocycles. The smallest absolute Gasteiger partial charge is 0.341 e. The van der Waals surface area contributed by atoms with Crippen molar-refractivity contribution in [3.8, 4) is 5.69 Å². The molecule has 2 aliphatic rings. The van der Waals surface area contributed by atoms with Crippen molar-refractivity contribution in [1.29, 1.82) is 0 Å². The highest BCUT2D eigenvalue weighted by atomic mass is 35.5. The second-order valence-corrected chi connectivity index (χ2v) is 10.3. The van der Waals surface area contributed by atoms with Gasteiger partial charge in [-0.2, -0.15) is 0 Å². The summed E-state index contributed by atoms with van der Waals surface area (Å²) in [5, 5.41) is 13.2. The number of fused-ring (bicyclic) bond motifs is 1. The summed E-state index contributed by atoms with van der Waals surface area (Å²) >= 11 is 6.89. The number of benzene rings is 2. The number of anilines is 2. The number of carbonyl (C=O) groups is 1. The van der Waals surface area contributed by atoms with E-state index in [9.17, 15) is 14.7 Å². The van der Waals surface area contributed by atoms with Crippen LogP contribution >= 0.6 is 11.6 Å². The van der Waals surface area contributed by atoms with E-state index < -0.39 is 22.8 Å². The van der Waals surface area contributed by atoms with Crippen LogP contribution < -0.4 is 20.5 Å². The molecule has 200 valence electrons. The zero-order valence-corrected chi connectivity index (χ0v) is 21.9. The molecule has 0 atom stereocenters. The van der Waals surface area contributed by atoms with Gasteiger partial charge in [-0.05, 0) is 48.7 Å². The molecule has 2 N–H and O–H groups in total. The molecule has 2 fully saturated rings. The van der Waals surface area contributed by atoms with Crippen LogP contribution in [0.25, 0.3) is 16.6 Å². The van der Waals surface area contributed by atoms with Crippen molar-refractivity contribution in [1.82, 2.24) is 14.9 Å². The van der Waals surface area contributed by atoms with Gasteiger partial charge in [0.15, 0.2) is 0 Å². The predicted molar refractivity (Wildman–Crippen MR) is 150 cm³/mol. The third-order valence-electron chi connectivity index (χ3n) is 7.34. The summed E-state index contributed by atoms with van der Waals surface area (Å²) in [7, 11) is 0. The van der Waals surface area contributed by atoms with E-state index in [0.29, 0.717) is 37.9 Å². The van der Waals surface area contributed by atoms with Gasteiger partial charge in [-0.25, -0.2) is 14.2 Å². The van der Waals surface area contributed by atoms with Crippen LogP contribution in [0.3, 0.4) is 0 Å². The number of aromatic nitrogens is 2. The molecule has 10 heteroatoms. The zero-order chi connectivity index (χ0) is 27.1. The maximum absolute atomic E-state index is 15.6. The Morgan fingerprint density at radius 3 is 2.44 bits per heavy atom. The zero-order valence-electron chi connectivity index (χ0n) is 21.1. The van der Waals surface area contributed by atoms with E-state index in [-0.39, 0.29) is 21.6 Å². The number of halogens is 2. The number of nitrogens with one attached hydrogen (secondary N) is 1. The van der Waals surface area contributed by atoms with Crippen LogP contribution in [0.5, 0.6) is 0 Å². The number of aromatic carboxylic acids is 1. The molecule has 1 aliphatic heterocycles. The van der Waals surface area contributed by atoms with Gasteiger partial charge in [0.25, 0.3) is 0 Å². The summed E-state index contributed by atoms with van der Waals surface area (Å²) < 4.78 is 17.2. The van der Waals surface area contributed by atoms with Gasteiger partial charge in [0.1, 0.15) is 17.2 Å². The molecule has 4 aromatic rings. The van der Waals surface area contributed by atoms with Gasteiger partial charge in [0, 0.05) is 56.8 Å². The van der Waals surface area contributed by atoms with Crippen LogP contribution in [0.2, 0.25) is 5.02 Å². The Kier molecular flexibility index (Phi) is 6.70. The van der Waals surface area contributed by atoms with Gasteiger partial charge >= 0.3 is 5.97 Å². The molecular formula is C29H27ClFN5O3. The maximum Gasteiger partial charge on any atom is 0.341 e. The Morgan fingerprint density at radius 2 is 1.79 bits per heavy atom. The highest BCUT2D eigenvalue weighted by Crippen LogP contribution is 2.37. The van der Waals surface area contributed by atoms with Gasteiger partial charge in [-0.3, -0.25) is 4.79 Å². The molecule has 1 saturated carbocycles. The van der Waals surface area contributed by atoms with Crippen LogP contribution in [0.1, 0.15) is 28.8 Å². The van der Waals surface area contributed by atoms with Gasteiger partial charge < -0.3 is 24.8 Å².